The summed E-state index contributed by atoms with van der Waals surface area (Å²) in [5, 5.41) is 7.02. The molecule has 31 heavy (non-hydrogen) atoms. The minimum absolute atomic E-state index is 0. The number of nitrogens with zero attached hydrogens (tertiary/aromatic N) is 4. The van der Waals surface area contributed by atoms with Gasteiger partial charge in [0.05, 0.1) is 24.8 Å². The standard InChI is InChI=1S/C23H28N6O.HI/c1-24-23(26-15-18-7-3-4-8-20(18)29-14-12-25-17-29)27-19-11-13-28(16-19)21-9-5-6-10-22(21)30-2;/h3-10,12,14,17,19H,11,13,15-16H2,1-2H3,(H2,24,26,27);1H. The van der Waals surface area contributed by atoms with Crippen LogP contribution in [0.1, 0.15) is 12.0 Å². The molecule has 8 heteroatoms. The van der Waals surface area contributed by atoms with E-state index in [0.717, 1.165) is 42.6 Å². The summed E-state index contributed by atoms with van der Waals surface area (Å²) in [7, 11) is 3.53. The van der Waals surface area contributed by atoms with Crippen LogP contribution in [0, 0.1) is 0 Å². The Morgan fingerprint density at radius 2 is 1.94 bits per heavy atom. The van der Waals surface area contributed by atoms with Crippen LogP contribution in [-0.2, 0) is 6.54 Å². The number of aromatic nitrogens is 2. The topological polar surface area (TPSA) is 66.7 Å². The largest absolute Gasteiger partial charge is 0.495 e. The molecule has 1 atom stereocenters. The van der Waals surface area contributed by atoms with E-state index in [-0.39, 0.29) is 24.0 Å². The molecule has 164 valence electrons. The van der Waals surface area contributed by atoms with Crippen LogP contribution < -0.4 is 20.3 Å². The van der Waals surface area contributed by atoms with Gasteiger partial charge in [-0.25, -0.2) is 4.98 Å². The van der Waals surface area contributed by atoms with Crippen molar-refractivity contribution in [3.05, 3.63) is 72.8 Å². The Morgan fingerprint density at radius 3 is 2.68 bits per heavy atom. The maximum atomic E-state index is 5.52. The molecule has 4 rings (SSSR count). The molecule has 1 unspecified atom stereocenters. The molecule has 0 radical (unpaired) electrons. The second-order valence-corrected chi connectivity index (χ2v) is 7.27. The predicted molar refractivity (Wildman–Crippen MR) is 136 cm³/mol. The van der Waals surface area contributed by atoms with E-state index in [0.29, 0.717) is 12.6 Å². The Morgan fingerprint density at radius 1 is 1.16 bits per heavy atom. The van der Waals surface area contributed by atoms with Crippen molar-refractivity contribution in [2.75, 3.05) is 32.1 Å². The minimum Gasteiger partial charge on any atom is -0.495 e. The highest BCUT2D eigenvalue weighted by atomic mass is 127. The number of hydrogen-bond donors (Lipinski definition) is 2. The van der Waals surface area contributed by atoms with E-state index in [9.17, 15) is 0 Å². The summed E-state index contributed by atoms with van der Waals surface area (Å²) in [4.78, 5) is 10.9. The van der Waals surface area contributed by atoms with Crippen LogP contribution in [0.3, 0.4) is 0 Å². The fourth-order valence-corrected chi connectivity index (χ4v) is 3.87. The number of benzene rings is 2. The van der Waals surface area contributed by atoms with Crippen LogP contribution in [0.15, 0.2) is 72.2 Å². The maximum absolute atomic E-state index is 5.52. The molecule has 1 fully saturated rings. The first-order valence-electron chi connectivity index (χ1n) is 10.2. The molecule has 0 saturated carbocycles. The van der Waals surface area contributed by atoms with Crippen LogP contribution in [-0.4, -0.2) is 48.8 Å². The normalized spacial score (nSPS) is 16.0. The van der Waals surface area contributed by atoms with Gasteiger partial charge in [0.25, 0.3) is 0 Å². The summed E-state index contributed by atoms with van der Waals surface area (Å²) in [6.07, 6.45) is 6.61. The SMILES string of the molecule is CN=C(NCc1ccccc1-n1ccnc1)NC1CCN(c2ccccc2OC)C1.I. The molecule has 2 aromatic carbocycles. The van der Waals surface area contributed by atoms with Crippen molar-refractivity contribution in [3.63, 3.8) is 0 Å². The molecule has 0 spiro atoms. The van der Waals surface area contributed by atoms with Gasteiger partial charge in [-0.1, -0.05) is 30.3 Å². The van der Waals surface area contributed by atoms with Crippen LogP contribution in [0.4, 0.5) is 5.69 Å². The maximum Gasteiger partial charge on any atom is 0.191 e. The Bertz CT molecular complexity index is 991. The van der Waals surface area contributed by atoms with Crippen molar-refractivity contribution in [2.24, 2.45) is 4.99 Å². The Hall–Kier alpha value is -2.75. The molecule has 1 aromatic heterocycles. The third-order valence-electron chi connectivity index (χ3n) is 5.40. The molecule has 7 nitrogen and oxygen atoms in total. The number of guanidine groups is 1. The number of para-hydroxylation sites is 3. The Balaban J connectivity index is 0.00000272. The summed E-state index contributed by atoms with van der Waals surface area (Å²) in [5.41, 5.74) is 3.43. The van der Waals surface area contributed by atoms with Crippen molar-refractivity contribution in [1.29, 1.82) is 0 Å². The van der Waals surface area contributed by atoms with E-state index in [2.05, 4.69) is 55.8 Å². The first kappa shape index (κ1) is 22.9. The Kier molecular flexibility index (Phi) is 8.16. The van der Waals surface area contributed by atoms with Crippen molar-refractivity contribution >= 4 is 35.6 Å². The number of anilines is 1. The molecule has 3 aromatic rings. The van der Waals surface area contributed by atoms with Gasteiger partial charge in [-0.3, -0.25) is 4.99 Å². The number of nitrogens with one attached hydrogen (secondary N) is 2. The van der Waals surface area contributed by atoms with Gasteiger partial charge in [0, 0.05) is 45.1 Å². The number of methoxy groups -OCH3 is 1. The summed E-state index contributed by atoms with van der Waals surface area (Å²) in [6, 6.07) is 16.8. The van der Waals surface area contributed by atoms with E-state index in [1.54, 1.807) is 13.3 Å². The van der Waals surface area contributed by atoms with Crippen molar-refractivity contribution in [1.82, 2.24) is 20.2 Å². The second kappa shape index (κ2) is 11.0. The molecule has 2 N–H and O–H groups in total. The average molecular weight is 532 g/mol. The molecule has 0 aliphatic carbocycles. The summed E-state index contributed by atoms with van der Waals surface area (Å²) in [5.74, 6) is 1.72. The number of imidazole rings is 1. The molecule has 1 saturated heterocycles. The number of hydrogen-bond acceptors (Lipinski definition) is 4. The highest BCUT2D eigenvalue weighted by Crippen LogP contribution is 2.30. The molecule has 0 bridgehead atoms. The fourth-order valence-electron chi connectivity index (χ4n) is 3.87. The second-order valence-electron chi connectivity index (χ2n) is 7.27. The zero-order chi connectivity index (χ0) is 20.8. The number of rotatable bonds is 6. The van der Waals surface area contributed by atoms with Gasteiger partial charge >= 0.3 is 0 Å². The van der Waals surface area contributed by atoms with E-state index in [4.69, 9.17) is 4.74 Å². The van der Waals surface area contributed by atoms with Crippen molar-refractivity contribution in [2.45, 2.75) is 19.0 Å². The van der Waals surface area contributed by atoms with E-state index in [1.165, 1.54) is 5.56 Å². The number of ether oxygens (including phenoxy) is 1. The summed E-state index contributed by atoms with van der Waals surface area (Å²) < 4.78 is 7.54. The van der Waals surface area contributed by atoms with E-state index >= 15 is 0 Å². The highest BCUT2D eigenvalue weighted by Gasteiger charge is 2.25. The van der Waals surface area contributed by atoms with E-state index < -0.39 is 0 Å². The lowest BCUT2D eigenvalue weighted by molar-refractivity contribution is 0.415. The molecule has 0 amide bonds. The molecule has 2 heterocycles. The van der Waals surface area contributed by atoms with Crippen molar-refractivity contribution < 1.29 is 4.74 Å². The van der Waals surface area contributed by atoms with Gasteiger partial charge in [-0.05, 0) is 30.2 Å². The third-order valence-corrected chi connectivity index (χ3v) is 5.40. The smallest absolute Gasteiger partial charge is 0.191 e. The molecular formula is C23H29IN6O. The molecule has 1 aliphatic rings. The third kappa shape index (κ3) is 5.49. The zero-order valence-corrected chi connectivity index (χ0v) is 20.2. The predicted octanol–water partition coefficient (Wildman–Crippen LogP) is 3.44. The van der Waals surface area contributed by atoms with E-state index in [1.807, 2.05) is 42.3 Å². The summed E-state index contributed by atoms with van der Waals surface area (Å²) >= 11 is 0. The molecule has 1 aliphatic heterocycles. The Labute approximate surface area is 200 Å². The lowest BCUT2D eigenvalue weighted by atomic mass is 10.1. The monoisotopic (exact) mass is 532 g/mol. The molecular weight excluding hydrogens is 503 g/mol. The fraction of sp³-hybridized carbons (Fsp3) is 0.304. The van der Waals surface area contributed by atoms with Gasteiger partial charge in [-0.15, -0.1) is 24.0 Å². The lowest BCUT2D eigenvalue weighted by Crippen LogP contribution is -2.44. The van der Waals surface area contributed by atoms with Crippen LogP contribution in [0.5, 0.6) is 5.75 Å². The summed E-state index contributed by atoms with van der Waals surface area (Å²) in [6.45, 7) is 2.57. The van der Waals surface area contributed by atoms with Gasteiger partial charge in [0.2, 0.25) is 0 Å². The number of aliphatic imine (C=N–C) groups is 1. The van der Waals surface area contributed by atoms with Gasteiger partial charge < -0.3 is 24.8 Å². The minimum atomic E-state index is 0. The van der Waals surface area contributed by atoms with Crippen LogP contribution in [0.25, 0.3) is 5.69 Å². The number of halogens is 1. The van der Waals surface area contributed by atoms with Gasteiger partial charge in [0.1, 0.15) is 5.75 Å². The van der Waals surface area contributed by atoms with Crippen molar-refractivity contribution in [3.8, 4) is 11.4 Å². The lowest BCUT2D eigenvalue weighted by Gasteiger charge is -2.22. The quantitative estimate of drug-likeness (QED) is 0.289. The van der Waals surface area contributed by atoms with Crippen LogP contribution >= 0.6 is 24.0 Å². The average Bonchev–Trinajstić information content (AvgIpc) is 3.49. The van der Waals surface area contributed by atoms with Gasteiger partial charge in [0.15, 0.2) is 5.96 Å². The zero-order valence-electron chi connectivity index (χ0n) is 17.9. The van der Waals surface area contributed by atoms with Crippen LogP contribution in [0.2, 0.25) is 0 Å². The highest BCUT2D eigenvalue weighted by molar-refractivity contribution is 14.0. The first-order valence-corrected chi connectivity index (χ1v) is 10.2. The van der Waals surface area contributed by atoms with Gasteiger partial charge in [-0.2, -0.15) is 0 Å². The first-order chi connectivity index (χ1) is 14.8.